The quantitative estimate of drug-likeness (QED) is 0.375. The molecule has 0 radical (unpaired) electrons. The molecule has 0 spiro atoms. The highest BCUT2D eigenvalue weighted by molar-refractivity contribution is 6.33. The minimum atomic E-state index is -1.27. The summed E-state index contributed by atoms with van der Waals surface area (Å²) in [5, 5.41) is 0. The number of hydrogen-bond donors (Lipinski definition) is 0. The van der Waals surface area contributed by atoms with Crippen LogP contribution >= 0.6 is 0 Å². The van der Waals surface area contributed by atoms with E-state index in [4.69, 9.17) is 14.2 Å². The summed E-state index contributed by atoms with van der Waals surface area (Å²) >= 11 is 0. The van der Waals surface area contributed by atoms with Crippen LogP contribution in [0.4, 0.5) is 0 Å². The number of aliphatic imine (C=N–C) groups is 1. The second kappa shape index (κ2) is 8.93. The molecule has 10 heteroatoms. The Balaban J connectivity index is 2.82. The average Bonchev–Trinajstić information content (AvgIpc) is 2.70. The zero-order chi connectivity index (χ0) is 22.6. The van der Waals surface area contributed by atoms with Crippen molar-refractivity contribution >= 4 is 29.7 Å². The van der Waals surface area contributed by atoms with Crippen LogP contribution in [0.15, 0.2) is 40.8 Å². The van der Waals surface area contributed by atoms with E-state index in [1.807, 2.05) is 0 Å². The Hall–Kier alpha value is -3.43. The molecule has 0 aromatic rings. The first kappa shape index (κ1) is 22.9. The highest BCUT2D eigenvalue weighted by atomic mass is 16.5. The van der Waals surface area contributed by atoms with Gasteiger partial charge < -0.3 is 19.1 Å². The molecular weight excluding hydrogens is 394 g/mol. The average molecular weight is 419 g/mol. The van der Waals surface area contributed by atoms with Crippen molar-refractivity contribution in [2.75, 3.05) is 20.8 Å². The van der Waals surface area contributed by atoms with Gasteiger partial charge in [-0.3, -0.25) is 9.69 Å². The monoisotopic (exact) mass is 419 g/mol. The lowest BCUT2D eigenvalue weighted by molar-refractivity contribution is -0.161. The molecule has 162 valence electrons. The number of methoxy groups -OCH3 is 2. The third-order valence-electron chi connectivity index (χ3n) is 4.25. The second-order valence-electron chi connectivity index (χ2n) is 7.26. The van der Waals surface area contributed by atoms with Crippen LogP contribution in [0.25, 0.3) is 0 Å². The molecule has 30 heavy (non-hydrogen) atoms. The Kier molecular flexibility index (Phi) is 6.81. The van der Waals surface area contributed by atoms with Gasteiger partial charge in [-0.1, -0.05) is 6.08 Å². The molecule has 0 saturated carbocycles. The zero-order valence-electron chi connectivity index (χ0n) is 17.8. The molecule has 2 rings (SSSR count). The van der Waals surface area contributed by atoms with E-state index in [1.165, 1.54) is 12.0 Å². The highest BCUT2D eigenvalue weighted by Crippen LogP contribution is 2.33. The van der Waals surface area contributed by atoms with E-state index in [0.29, 0.717) is 0 Å². The number of hydrogen-bond acceptors (Lipinski definition) is 9. The largest absolute Gasteiger partial charge is 0.467 e. The van der Waals surface area contributed by atoms with Gasteiger partial charge >= 0.3 is 23.8 Å². The van der Waals surface area contributed by atoms with E-state index in [9.17, 15) is 19.2 Å². The fourth-order valence-corrected chi connectivity index (χ4v) is 3.02. The van der Waals surface area contributed by atoms with Crippen LogP contribution in [0.3, 0.4) is 0 Å². The lowest BCUT2D eigenvalue weighted by atomic mass is 9.98. The molecule has 0 bridgehead atoms. The number of esters is 3. The van der Waals surface area contributed by atoms with Crippen molar-refractivity contribution in [1.82, 2.24) is 9.80 Å². The fourth-order valence-electron chi connectivity index (χ4n) is 3.02. The van der Waals surface area contributed by atoms with Crippen LogP contribution in [0, 0.1) is 0 Å². The molecule has 0 N–H and O–H groups in total. The first-order valence-corrected chi connectivity index (χ1v) is 9.22. The Morgan fingerprint density at radius 2 is 1.80 bits per heavy atom. The summed E-state index contributed by atoms with van der Waals surface area (Å²) < 4.78 is 14.6. The summed E-state index contributed by atoms with van der Waals surface area (Å²) in [5.41, 5.74) is -1.24. The smallest absolute Gasteiger partial charge is 0.397 e. The first-order chi connectivity index (χ1) is 14.1. The molecule has 1 amide bonds. The van der Waals surface area contributed by atoms with Gasteiger partial charge in [-0.15, -0.1) is 0 Å². The third kappa shape index (κ3) is 4.27. The summed E-state index contributed by atoms with van der Waals surface area (Å²) in [6.07, 6.45) is 6.48. The number of carbonyl (C=O) groups is 4. The van der Waals surface area contributed by atoms with Crippen molar-refractivity contribution in [3.63, 3.8) is 0 Å². The van der Waals surface area contributed by atoms with E-state index in [0.717, 1.165) is 12.0 Å². The van der Waals surface area contributed by atoms with Crippen LogP contribution in [0.2, 0.25) is 0 Å². The topological polar surface area (TPSA) is 115 Å². The number of allylic oxidation sites excluding steroid dienone is 2. The van der Waals surface area contributed by atoms with Gasteiger partial charge in [0.25, 0.3) is 0 Å². The van der Waals surface area contributed by atoms with Gasteiger partial charge in [-0.05, 0) is 39.8 Å². The van der Waals surface area contributed by atoms with Crippen molar-refractivity contribution in [3.05, 3.63) is 35.8 Å². The van der Waals surface area contributed by atoms with Crippen molar-refractivity contribution < 1.29 is 33.4 Å². The molecule has 2 aliphatic heterocycles. The molecule has 2 aliphatic rings. The first-order valence-electron chi connectivity index (χ1n) is 9.22. The Bertz CT molecular complexity index is 877. The summed E-state index contributed by atoms with van der Waals surface area (Å²) in [7, 11) is 2.32. The number of carbonyl (C=O) groups excluding carboxylic acids is 4. The van der Waals surface area contributed by atoms with Gasteiger partial charge in [0.15, 0.2) is 11.9 Å². The molecule has 1 atom stereocenters. The maximum atomic E-state index is 13.0. The van der Waals surface area contributed by atoms with Crippen molar-refractivity contribution in [2.45, 2.75) is 39.3 Å². The number of amidine groups is 1. The number of fused-ring (bicyclic) bond motifs is 1. The van der Waals surface area contributed by atoms with Gasteiger partial charge in [0.2, 0.25) is 0 Å². The summed E-state index contributed by atoms with van der Waals surface area (Å²) in [5.74, 6) is -3.71. The summed E-state index contributed by atoms with van der Waals surface area (Å²) in [6.45, 7) is 6.52. The molecule has 0 saturated heterocycles. The minimum Gasteiger partial charge on any atom is -0.467 e. The lowest BCUT2D eigenvalue weighted by Crippen LogP contribution is -2.54. The van der Waals surface area contributed by atoms with Gasteiger partial charge in [0, 0.05) is 11.7 Å². The fraction of sp³-hybridized carbons (Fsp3) is 0.450. The molecule has 1 unspecified atom stereocenters. The van der Waals surface area contributed by atoms with Gasteiger partial charge in [0.05, 0.1) is 20.8 Å². The van der Waals surface area contributed by atoms with Crippen LogP contribution in [0.1, 0.15) is 27.7 Å². The van der Waals surface area contributed by atoms with Gasteiger partial charge in [0.1, 0.15) is 11.4 Å². The van der Waals surface area contributed by atoms with Crippen LogP contribution in [0.5, 0.6) is 0 Å². The standard InChI is InChI=1S/C20H25N3O7/c1-7-30-19(27)16(24)23(20(2,3)4)15-13(17(25)28-5)14(18(26)29-6)22-11-9-8-10-12(22)21-15/h8-11,14H,7H2,1-6H3. The molecule has 0 fully saturated rings. The minimum absolute atomic E-state index is 0.00786. The molecule has 0 aliphatic carbocycles. The predicted molar refractivity (Wildman–Crippen MR) is 106 cm³/mol. The third-order valence-corrected chi connectivity index (χ3v) is 4.25. The maximum absolute atomic E-state index is 13.0. The molecule has 0 aromatic heterocycles. The Morgan fingerprint density at radius 1 is 1.13 bits per heavy atom. The number of rotatable bonds is 4. The number of ether oxygens (including phenoxy) is 3. The molecular formula is C20H25N3O7. The normalized spacial score (nSPS) is 17.7. The maximum Gasteiger partial charge on any atom is 0.397 e. The van der Waals surface area contributed by atoms with Gasteiger partial charge in [-0.25, -0.2) is 19.4 Å². The van der Waals surface area contributed by atoms with E-state index in [1.54, 1.807) is 52.1 Å². The Morgan fingerprint density at radius 3 is 2.33 bits per heavy atom. The number of amides is 1. The van der Waals surface area contributed by atoms with Gasteiger partial charge in [-0.2, -0.15) is 0 Å². The van der Waals surface area contributed by atoms with Crippen molar-refractivity contribution in [1.29, 1.82) is 0 Å². The SMILES string of the molecule is CCOC(=O)C(=O)N(C1=C(C(=O)OC)C(C(=O)OC)N2C=CC=CC2=N1)C(C)(C)C. The highest BCUT2D eigenvalue weighted by Gasteiger charge is 2.46. The lowest BCUT2D eigenvalue weighted by Gasteiger charge is -2.40. The van der Waals surface area contributed by atoms with E-state index in [-0.39, 0.29) is 23.8 Å². The Labute approximate surface area is 174 Å². The predicted octanol–water partition coefficient (Wildman–Crippen LogP) is 0.900. The summed E-state index contributed by atoms with van der Waals surface area (Å²) in [4.78, 5) is 57.5. The number of nitrogens with zero attached hydrogens (tertiary/aromatic N) is 3. The van der Waals surface area contributed by atoms with Crippen LogP contribution in [-0.2, 0) is 33.4 Å². The van der Waals surface area contributed by atoms with E-state index >= 15 is 0 Å². The van der Waals surface area contributed by atoms with E-state index < -0.39 is 35.4 Å². The summed E-state index contributed by atoms with van der Waals surface area (Å²) in [6, 6.07) is -1.27. The van der Waals surface area contributed by atoms with E-state index in [2.05, 4.69) is 4.99 Å². The second-order valence-corrected chi connectivity index (χ2v) is 7.26. The van der Waals surface area contributed by atoms with Crippen LogP contribution in [-0.4, -0.2) is 71.9 Å². The molecule has 10 nitrogen and oxygen atoms in total. The molecule has 2 heterocycles. The zero-order valence-corrected chi connectivity index (χ0v) is 17.8. The molecule has 0 aromatic carbocycles. The van der Waals surface area contributed by atoms with Crippen molar-refractivity contribution in [2.24, 2.45) is 4.99 Å². The van der Waals surface area contributed by atoms with Crippen molar-refractivity contribution in [3.8, 4) is 0 Å². The van der Waals surface area contributed by atoms with Crippen LogP contribution < -0.4 is 0 Å².